The molecule has 2 amide bonds. The van der Waals surface area contributed by atoms with E-state index in [4.69, 9.17) is 16.3 Å². The number of nitrogens with one attached hydrogen (secondary N) is 1. The Balaban J connectivity index is 1.36. The van der Waals surface area contributed by atoms with E-state index in [1.807, 2.05) is 12.1 Å². The minimum absolute atomic E-state index is 0.107. The van der Waals surface area contributed by atoms with E-state index in [0.29, 0.717) is 37.4 Å². The Bertz CT molecular complexity index is 914. The van der Waals surface area contributed by atoms with Crippen LogP contribution in [-0.4, -0.2) is 49.6 Å². The zero-order chi connectivity index (χ0) is 21.1. The van der Waals surface area contributed by atoms with Crippen LogP contribution >= 0.6 is 11.6 Å². The van der Waals surface area contributed by atoms with Crippen LogP contribution in [0.3, 0.4) is 0 Å². The summed E-state index contributed by atoms with van der Waals surface area (Å²) in [4.78, 5) is 33.5. The van der Waals surface area contributed by atoms with Gasteiger partial charge in [-0.1, -0.05) is 11.6 Å². The van der Waals surface area contributed by atoms with E-state index in [9.17, 15) is 14.0 Å². The van der Waals surface area contributed by atoms with Crippen LogP contribution in [0.15, 0.2) is 36.5 Å². The fraction of sp³-hybridized carbons (Fsp3) is 0.381. The highest BCUT2D eigenvalue weighted by molar-refractivity contribution is 6.30. The van der Waals surface area contributed by atoms with Crippen molar-refractivity contribution in [3.63, 3.8) is 0 Å². The van der Waals surface area contributed by atoms with Crippen molar-refractivity contribution in [1.29, 1.82) is 0 Å². The van der Waals surface area contributed by atoms with Gasteiger partial charge in [-0.15, -0.1) is 0 Å². The predicted molar refractivity (Wildman–Crippen MR) is 111 cm³/mol. The van der Waals surface area contributed by atoms with Crippen molar-refractivity contribution < 1.29 is 18.7 Å². The third kappa shape index (κ3) is 4.55. The minimum Gasteiger partial charge on any atom is -0.378 e. The van der Waals surface area contributed by atoms with Crippen molar-refractivity contribution in [2.75, 3.05) is 42.6 Å². The maximum atomic E-state index is 13.4. The number of halogens is 2. The zero-order valence-corrected chi connectivity index (χ0v) is 17.1. The lowest BCUT2D eigenvalue weighted by Crippen LogP contribution is -2.37. The summed E-state index contributed by atoms with van der Waals surface area (Å²) in [6, 6.07) is 7.81. The molecule has 30 heavy (non-hydrogen) atoms. The van der Waals surface area contributed by atoms with Crippen molar-refractivity contribution >= 4 is 34.9 Å². The molecule has 2 saturated heterocycles. The second-order valence-electron chi connectivity index (χ2n) is 7.30. The highest BCUT2D eigenvalue weighted by atomic mass is 35.5. The molecule has 3 heterocycles. The fourth-order valence-electron chi connectivity index (χ4n) is 3.72. The summed E-state index contributed by atoms with van der Waals surface area (Å²) in [5, 5.41) is 2.96. The quantitative estimate of drug-likeness (QED) is 0.734. The molecule has 7 nitrogen and oxygen atoms in total. The highest BCUT2D eigenvalue weighted by Gasteiger charge is 2.37. The molecule has 2 aliphatic heterocycles. The Kier molecular flexibility index (Phi) is 6.15. The summed E-state index contributed by atoms with van der Waals surface area (Å²) >= 11 is 5.83. The number of amides is 2. The number of aromatic nitrogens is 1. The molecule has 4 rings (SSSR count). The zero-order valence-electron chi connectivity index (χ0n) is 16.3. The Hall–Kier alpha value is -2.71. The van der Waals surface area contributed by atoms with E-state index in [0.717, 1.165) is 18.9 Å². The van der Waals surface area contributed by atoms with Crippen LogP contribution < -0.4 is 15.1 Å². The number of pyridine rings is 1. The lowest BCUT2D eigenvalue weighted by Gasteiger charge is -2.28. The van der Waals surface area contributed by atoms with Crippen LogP contribution in [0.25, 0.3) is 0 Å². The molecule has 1 atom stereocenters. The summed E-state index contributed by atoms with van der Waals surface area (Å²) < 4.78 is 18.8. The van der Waals surface area contributed by atoms with Crippen molar-refractivity contribution in [2.24, 2.45) is 5.92 Å². The van der Waals surface area contributed by atoms with Gasteiger partial charge in [-0.3, -0.25) is 9.59 Å². The van der Waals surface area contributed by atoms with Gasteiger partial charge in [0, 0.05) is 31.2 Å². The van der Waals surface area contributed by atoms with E-state index in [2.05, 4.69) is 15.2 Å². The third-order valence-electron chi connectivity index (χ3n) is 5.29. The smallest absolute Gasteiger partial charge is 0.239 e. The molecule has 2 aliphatic rings. The summed E-state index contributed by atoms with van der Waals surface area (Å²) in [5.74, 6) is -1.03. The van der Waals surface area contributed by atoms with Gasteiger partial charge in [-0.25, -0.2) is 9.37 Å². The van der Waals surface area contributed by atoms with Crippen molar-refractivity contribution in [2.45, 2.75) is 13.0 Å². The average molecular weight is 433 g/mol. The Morgan fingerprint density at radius 1 is 1.23 bits per heavy atom. The van der Waals surface area contributed by atoms with Gasteiger partial charge >= 0.3 is 0 Å². The normalized spacial score (nSPS) is 19.3. The maximum Gasteiger partial charge on any atom is 0.239 e. The largest absolute Gasteiger partial charge is 0.378 e. The first-order valence-electron chi connectivity index (χ1n) is 9.84. The molecule has 0 spiro atoms. The highest BCUT2D eigenvalue weighted by Crippen LogP contribution is 2.26. The molecule has 1 aromatic carbocycles. The molecule has 1 N–H and O–H groups in total. The van der Waals surface area contributed by atoms with E-state index in [1.165, 1.54) is 12.1 Å². The first-order chi connectivity index (χ1) is 14.5. The summed E-state index contributed by atoms with van der Waals surface area (Å²) in [6.45, 7) is 3.47. The molecular formula is C21H22ClFN4O3. The number of carbonyl (C=O) groups excluding carboxylic acids is 2. The van der Waals surface area contributed by atoms with Gasteiger partial charge < -0.3 is 19.9 Å². The Morgan fingerprint density at radius 3 is 2.73 bits per heavy atom. The number of nitrogens with zero attached hydrogens (tertiary/aromatic N) is 3. The monoisotopic (exact) mass is 432 g/mol. The SMILES string of the molecule is O=C(NCc1cc(F)cc(Cl)c1)C1CCN(c2ccc(N3CCOCC3)nc2)C1=O. The summed E-state index contributed by atoms with van der Waals surface area (Å²) in [5.41, 5.74) is 1.21. The molecule has 9 heteroatoms. The molecule has 0 aliphatic carbocycles. The van der Waals surface area contributed by atoms with Gasteiger partial charge in [-0.05, 0) is 42.3 Å². The number of ether oxygens (including phenoxy) is 1. The first kappa shape index (κ1) is 20.6. The van der Waals surface area contributed by atoms with Crippen molar-refractivity contribution in [3.05, 3.63) is 52.9 Å². The van der Waals surface area contributed by atoms with Gasteiger partial charge in [0.2, 0.25) is 11.8 Å². The predicted octanol–water partition coefficient (Wildman–Crippen LogP) is 2.38. The van der Waals surface area contributed by atoms with Crippen molar-refractivity contribution in [1.82, 2.24) is 10.3 Å². The lowest BCUT2D eigenvalue weighted by molar-refractivity contribution is -0.132. The lowest BCUT2D eigenvalue weighted by atomic mass is 10.1. The number of hydrogen-bond acceptors (Lipinski definition) is 5. The Labute approximate surface area is 178 Å². The van der Waals surface area contributed by atoms with Gasteiger partial charge in [0.1, 0.15) is 17.6 Å². The maximum absolute atomic E-state index is 13.4. The Morgan fingerprint density at radius 2 is 2.03 bits per heavy atom. The molecule has 2 fully saturated rings. The van der Waals surface area contributed by atoms with Crippen LogP contribution in [0.2, 0.25) is 5.02 Å². The number of morpholine rings is 1. The molecule has 1 unspecified atom stereocenters. The fourth-order valence-corrected chi connectivity index (χ4v) is 3.97. The van der Waals surface area contributed by atoms with E-state index in [1.54, 1.807) is 17.2 Å². The van der Waals surface area contributed by atoms with Gasteiger partial charge in [0.15, 0.2) is 0 Å². The average Bonchev–Trinajstić information content (AvgIpc) is 3.13. The van der Waals surface area contributed by atoms with E-state index in [-0.39, 0.29) is 23.4 Å². The topological polar surface area (TPSA) is 74.8 Å². The number of carbonyl (C=O) groups is 2. The van der Waals surface area contributed by atoms with Crippen LogP contribution in [0.1, 0.15) is 12.0 Å². The molecule has 158 valence electrons. The summed E-state index contributed by atoms with van der Waals surface area (Å²) in [7, 11) is 0. The standard InChI is InChI=1S/C21H22ClFN4O3/c22-15-9-14(10-16(23)11-15)12-25-20(28)18-3-4-27(21(18)29)17-1-2-19(24-13-17)26-5-7-30-8-6-26/h1-2,9-11,13,18H,3-8,12H2,(H,25,28). The van der Waals surface area contributed by atoms with E-state index < -0.39 is 11.7 Å². The van der Waals surface area contributed by atoms with Gasteiger partial charge in [0.05, 0.1) is 25.1 Å². The van der Waals surface area contributed by atoms with Crippen LogP contribution in [-0.2, 0) is 20.9 Å². The second-order valence-corrected chi connectivity index (χ2v) is 7.74. The van der Waals surface area contributed by atoms with Gasteiger partial charge in [-0.2, -0.15) is 0 Å². The second kappa shape index (κ2) is 8.97. The van der Waals surface area contributed by atoms with Crippen molar-refractivity contribution in [3.8, 4) is 0 Å². The molecule has 0 radical (unpaired) electrons. The number of anilines is 2. The van der Waals surface area contributed by atoms with Crippen LogP contribution in [0.4, 0.5) is 15.9 Å². The molecule has 0 bridgehead atoms. The molecular weight excluding hydrogens is 411 g/mol. The molecule has 1 aromatic heterocycles. The first-order valence-corrected chi connectivity index (χ1v) is 10.2. The number of benzene rings is 1. The third-order valence-corrected chi connectivity index (χ3v) is 5.51. The van der Waals surface area contributed by atoms with Crippen LogP contribution in [0.5, 0.6) is 0 Å². The number of hydrogen-bond donors (Lipinski definition) is 1. The summed E-state index contributed by atoms with van der Waals surface area (Å²) in [6.07, 6.45) is 2.08. The molecule has 2 aromatic rings. The van der Waals surface area contributed by atoms with Gasteiger partial charge in [0.25, 0.3) is 0 Å². The molecule has 0 saturated carbocycles. The number of rotatable bonds is 5. The van der Waals surface area contributed by atoms with E-state index >= 15 is 0 Å². The minimum atomic E-state index is -0.770. The van der Waals surface area contributed by atoms with Crippen LogP contribution in [0, 0.1) is 11.7 Å².